The van der Waals surface area contributed by atoms with Gasteiger partial charge in [-0.3, -0.25) is 0 Å². The molecule has 0 aliphatic heterocycles. The van der Waals surface area contributed by atoms with E-state index in [1.807, 2.05) is 26.8 Å². The summed E-state index contributed by atoms with van der Waals surface area (Å²) in [7, 11) is 0. The number of furan rings is 1. The first-order chi connectivity index (χ1) is 10.6. The highest BCUT2D eigenvalue weighted by Crippen LogP contribution is 2.42. The second kappa shape index (κ2) is 6.56. The van der Waals surface area contributed by atoms with Crippen molar-refractivity contribution in [2.45, 2.75) is 72.6 Å². The zero-order valence-corrected chi connectivity index (χ0v) is 15.1. The van der Waals surface area contributed by atoms with Crippen molar-refractivity contribution < 1.29 is 14.3 Å². The largest absolute Gasteiger partial charge is 0.466 e. The van der Waals surface area contributed by atoms with Crippen LogP contribution in [0.2, 0.25) is 0 Å². The Bertz CT molecular complexity index is 561. The van der Waals surface area contributed by atoms with Crippen LogP contribution in [0.3, 0.4) is 0 Å². The molecule has 1 aromatic rings. The molecule has 2 atom stereocenters. The number of rotatable bonds is 4. The molecule has 23 heavy (non-hydrogen) atoms. The monoisotopic (exact) mass is 322 g/mol. The van der Waals surface area contributed by atoms with Gasteiger partial charge >= 0.3 is 6.03 Å². The lowest BCUT2D eigenvalue weighted by Gasteiger charge is -2.36. The fraction of sp³-hybridized carbons (Fsp3) is 0.722. The van der Waals surface area contributed by atoms with Gasteiger partial charge in [-0.1, -0.05) is 13.8 Å². The van der Waals surface area contributed by atoms with E-state index in [1.165, 1.54) is 0 Å². The topological polar surface area (TPSA) is 65.7 Å². The smallest absolute Gasteiger partial charge is 0.318 e. The molecule has 0 saturated heterocycles. The van der Waals surface area contributed by atoms with E-state index in [0.717, 1.165) is 29.9 Å². The van der Waals surface area contributed by atoms with Crippen molar-refractivity contribution in [1.29, 1.82) is 0 Å². The molecule has 2 rings (SSSR count). The summed E-state index contributed by atoms with van der Waals surface area (Å²) in [6.07, 6.45) is 1.23. The number of amides is 2. The Morgan fingerprint density at radius 2 is 2.13 bits per heavy atom. The van der Waals surface area contributed by atoms with Gasteiger partial charge in [-0.15, -0.1) is 0 Å². The van der Waals surface area contributed by atoms with Crippen molar-refractivity contribution in [1.82, 2.24) is 10.2 Å². The fourth-order valence-corrected chi connectivity index (χ4v) is 3.36. The highest BCUT2D eigenvalue weighted by molar-refractivity contribution is 5.75. The number of urea groups is 1. The zero-order valence-electron chi connectivity index (χ0n) is 15.1. The van der Waals surface area contributed by atoms with Crippen LogP contribution in [0.5, 0.6) is 0 Å². The predicted molar refractivity (Wildman–Crippen MR) is 90.3 cm³/mol. The van der Waals surface area contributed by atoms with Crippen molar-refractivity contribution in [3.05, 3.63) is 23.2 Å². The van der Waals surface area contributed by atoms with E-state index in [-0.39, 0.29) is 23.5 Å². The van der Waals surface area contributed by atoms with Gasteiger partial charge < -0.3 is 19.7 Å². The third kappa shape index (κ3) is 4.28. The lowest BCUT2D eigenvalue weighted by molar-refractivity contribution is 0.115. The summed E-state index contributed by atoms with van der Waals surface area (Å²) < 4.78 is 5.82. The number of hydrogen-bond donors (Lipinski definition) is 2. The van der Waals surface area contributed by atoms with E-state index in [0.29, 0.717) is 6.54 Å². The van der Waals surface area contributed by atoms with Gasteiger partial charge in [0.1, 0.15) is 11.5 Å². The molecule has 1 aliphatic carbocycles. The lowest BCUT2D eigenvalue weighted by atomic mass is 9.75. The number of carbonyl (C=O) groups excluding carboxylic acids is 1. The molecule has 0 spiro atoms. The van der Waals surface area contributed by atoms with Gasteiger partial charge in [0.2, 0.25) is 0 Å². The minimum Gasteiger partial charge on any atom is -0.466 e. The Labute approximate surface area is 139 Å². The Balaban J connectivity index is 2.19. The maximum Gasteiger partial charge on any atom is 0.318 e. The second-order valence-electron chi connectivity index (χ2n) is 7.88. The van der Waals surface area contributed by atoms with Gasteiger partial charge in [0.15, 0.2) is 0 Å². The molecular weight excluding hydrogens is 292 g/mol. The first-order valence-corrected chi connectivity index (χ1v) is 8.43. The molecule has 1 aliphatic rings. The molecule has 0 aromatic carbocycles. The molecule has 0 bridgehead atoms. The summed E-state index contributed by atoms with van der Waals surface area (Å²) >= 11 is 0. The van der Waals surface area contributed by atoms with Gasteiger partial charge in [0.25, 0.3) is 0 Å². The third-order valence-corrected chi connectivity index (χ3v) is 4.38. The number of aliphatic hydroxyl groups excluding tert-OH is 1. The fourth-order valence-electron chi connectivity index (χ4n) is 3.36. The van der Waals surface area contributed by atoms with Crippen molar-refractivity contribution in [2.75, 3.05) is 6.54 Å². The maximum atomic E-state index is 12.7. The van der Waals surface area contributed by atoms with Crippen LogP contribution in [0, 0.1) is 12.3 Å². The van der Waals surface area contributed by atoms with Crippen LogP contribution < -0.4 is 5.32 Å². The van der Waals surface area contributed by atoms with Crippen molar-refractivity contribution >= 4 is 6.03 Å². The molecule has 2 unspecified atom stereocenters. The molecular formula is C18H30N2O3. The zero-order chi connectivity index (χ0) is 17.4. The van der Waals surface area contributed by atoms with E-state index in [4.69, 9.17) is 4.42 Å². The van der Waals surface area contributed by atoms with Crippen LogP contribution in [0.15, 0.2) is 10.5 Å². The lowest BCUT2D eigenvalue weighted by Crippen LogP contribution is -2.49. The standard InChI is InChI=1S/C18H30N2O3/c1-11(2)20(10-12(3)21)17(22)19-15-8-18(5,6)9-16-14(15)7-13(4)23-16/h7,11-12,15,21H,8-10H2,1-6H3,(H,19,22). The first kappa shape index (κ1) is 17.9. The summed E-state index contributed by atoms with van der Waals surface area (Å²) in [6, 6.07) is 1.89. The highest BCUT2D eigenvalue weighted by atomic mass is 16.3. The SMILES string of the molecule is Cc1cc2c(o1)CC(C)(C)CC2NC(=O)N(CC(C)O)C(C)C. The van der Waals surface area contributed by atoms with Crippen molar-refractivity contribution in [3.8, 4) is 0 Å². The van der Waals surface area contributed by atoms with Gasteiger partial charge in [-0.25, -0.2) is 4.79 Å². The van der Waals surface area contributed by atoms with Crippen LogP contribution in [-0.4, -0.2) is 34.7 Å². The van der Waals surface area contributed by atoms with Gasteiger partial charge in [-0.05, 0) is 45.6 Å². The molecule has 0 saturated carbocycles. The van der Waals surface area contributed by atoms with Crippen LogP contribution in [0.4, 0.5) is 4.79 Å². The Hall–Kier alpha value is -1.49. The number of carbonyl (C=O) groups is 1. The minimum absolute atomic E-state index is 0.0340. The number of nitrogens with zero attached hydrogens (tertiary/aromatic N) is 1. The molecule has 0 radical (unpaired) electrons. The number of aliphatic hydroxyl groups is 1. The molecule has 2 amide bonds. The van der Waals surface area contributed by atoms with Crippen molar-refractivity contribution in [2.24, 2.45) is 5.41 Å². The van der Waals surface area contributed by atoms with Crippen LogP contribution in [-0.2, 0) is 6.42 Å². The van der Waals surface area contributed by atoms with E-state index in [9.17, 15) is 9.90 Å². The average Bonchev–Trinajstić information content (AvgIpc) is 2.74. The van der Waals surface area contributed by atoms with Crippen LogP contribution >= 0.6 is 0 Å². The van der Waals surface area contributed by atoms with Crippen molar-refractivity contribution in [3.63, 3.8) is 0 Å². The molecule has 0 fully saturated rings. The van der Waals surface area contributed by atoms with E-state index < -0.39 is 6.10 Å². The predicted octanol–water partition coefficient (Wildman–Crippen LogP) is 3.40. The second-order valence-corrected chi connectivity index (χ2v) is 7.88. The summed E-state index contributed by atoms with van der Waals surface area (Å²) in [6.45, 7) is 12.3. The molecule has 130 valence electrons. The third-order valence-electron chi connectivity index (χ3n) is 4.38. The quantitative estimate of drug-likeness (QED) is 0.893. The normalized spacial score (nSPS) is 21.0. The Morgan fingerprint density at radius 3 is 2.70 bits per heavy atom. The number of fused-ring (bicyclic) bond motifs is 1. The van der Waals surface area contributed by atoms with E-state index >= 15 is 0 Å². The van der Waals surface area contributed by atoms with E-state index in [2.05, 4.69) is 19.2 Å². The Kier molecular flexibility index (Phi) is 5.09. The molecule has 1 aromatic heterocycles. The number of hydrogen-bond acceptors (Lipinski definition) is 3. The van der Waals surface area contributed by atoms with Crippen LogP contribution in [0.25, 0.3) is 0 Å². The van der Waals surface area contributed by atoms with Gasteiger partial charge in [-0.2, -0.15) is 0 Å². The summed E-state index contributed by atoms with van der Waals surface area (Å²) in [5, 5.41) is 12.8. The Morgan fingerprint density at radius 1 is 1.48 bits per heavy atom. The van der Waals surface area contributed by atoms with Gasteiger partial charge in [0, 0.05) is 24.6 Å². The first-order valence-electron chi connectivity index (χ1n) is 8.43. The summed E-state index contributed by atoms with van der Waals surface area (Å²) in [4.78, 5) is 14.4. The maximum absolute atomic E-state index is 12.7. The van der Waals surface area contributed by atoms with E-state index in [1.54, 1.807) is 11.8 Å². The van der Waals surface area contributed by atoms with Crippen LogP contribution in [0.1, 0.15) is 64.2 Å². The molecule has 1 heterocycles. The summed E-state index contributed by atoms with van der Waals surface area (Å²) in [5.41, 5.74) is 1.18. The molecule has 2 N–H and O–H groups in total. The minimum atomic E-state index is -0.544. The van der Waals surface area contributed by atoms with Gasteiger partial charge in [0.05, 0.1) is 12.1 Å². The average molecular weight is 322 g/mol. The molecule has 5 heteroatoms. The molecule has 5 nitrogen and oxygen atoms in total. The number of aryl methyl sites for hydroxylation is 1. The summed E-state index contributed by atoms with van der Waals surface area (Å²) in [5.74, 6) is 1.87. The number of nitrogens with one attached hydrogen (secondary N) is 1. The highest BCUT2D eigenvalue weighted by Gasteiger charge is 2.36.